The molecule has 282 valence electrons. The number of hydrogen-bond acceptors (Lipinski definition) is 4. The summed E-state index contributed by atoms with van der Waals surface area (Å²) in [5, 5.41) is 12.4. The Balaban J connectivity index is 1.17. The van der Waals surface area contributed by atoms with Gasteiger partial charge in [-0.1, -0.05) is 106 Å². The number of rotatable bonds is 8. The number of nitrogens with zero attached hydrogens (tertiary/aromatic N) is 2. The Morgan fingerprint density at radius 3 is 2.22 bits per heavy atom. The molecule has 4 aromatic carbocycles. The van der Waals surface area contributed by atoms with Gasteiger partial charge in [0.2, 0.25) is 5.91 Å². The summed E-state index contributed by atoms with van der Waals surface area (Å²) in [6.45, 7) is 13.5. The largest absolute Gasteiger partial charge is 0.462 e. The fraction of sp³-hybridized carbons (Fsp3) is 0.413. The highest BCUT2D eigenvalue weighted by Crippen LogP contribution is 2.42. The lowest BCUT2D eigenvalue weighted by Crippen LogP contribution is -2.60. The van der Waals surface area contributed by atoms with Crippen LogP contribution in [0.3, 0.4) is 0 Å². The van der Waals surface area contributed by atoms with Crippen molar-refractivity contribution >= 4 is 50.8 Å². The minimum atomic E-state index is -0.533. The molecule has 0 radical (unpaired) electrons. The van der Waals surface area contributed by atoms with Crippen LogP contribution in [0, 0.1) is 12.3 Å². The van der Waals surface area contributed by atoms with Crippen molar-refractivity contribution in [3.05, 3.63) is 108 Å². The Labute approximate surface area is 325 Å². The van der Waals surface area contributed by atoms with Gasteiger partial charge in [0, 0.05) is 18.3 Å². The molecule has 7 nitrogen and oxygen atoms in total. The number of nitrogens with one attached hydrogen (secondary N) is 2. The van der Waals surface area contributed by atoms with Crippen molar-refractivity contribution in [3.63, 3.8) is 0 Å². The van der Waals surface area contributed by atoms with E-state index in [0.29, 0.717) is 23.8 Å². The standard InChI is InChI=1S/C46H54N4O3S/c1-7-53-43(52)37-27-30(2)50(40(37)35-22-21-31-15-8-10-17-33(31)28-35)39-20-13-12-19-38(39)47-44(54)48-41(45(3,4)5)42(51)49-26-14-25-46(49,6)36-24-23-32-16-9-11-18-34(32)29-36/h8-11,15-18,21-24,27-29,38-39,41H,7,12-14,19-20,25-26H2,1-6H3,(H2,47,48,54)/t38-,39-,41-,46-/m1/s1. The molecule has 8 heteroatoms. The number of aromatic nitrogens is 1. The number of hydrogen-bond donors (Lipinski definition) is 2. The van der Waals surface area contributed by atoms with Gasteiger partial charge in [0.25, 0.3) is 0 Å². The van der Waals surface area contributed by atoms with Crippen molar-refractivity contribution in [1.82, 2.24) is 20.1 Å². The second-order valence-corrected chi connectivity index (χ2v) is 16.9. The zero-order chi connectivity index (χ0) is 38.2. The molecule has 5 aromatic rings. The predicted molar refractivity (Wildman–Crippen MR) is 224 cm³/mol. The molecule has 0 unspecified atom stereocenters. The van der Waals surface area contributed by atoms with Crippen LogP contribution < -0.4 is 10.6 Å². The molecule has 2 N–H and O–H groups in total. The first-order valence-electron chi connectivity index (χ1n) is 19.6. The van der Waals surface area contributed by atoms with E-state index in [1.54, 1.807) is 0 Å². The van der Waals surface area contributed by atoms with Crippen LogP contribution in [0.2, 0.25) is 0 Å². The van der Waals surface area contributed by atoms with E-state index in [1.807, 2.05) is 25.1 Å². The molecular weight excluding hydrogens is 689 g/mol. The van der Waals surface area contributed by atoms with E-state index in [1.165, 1.54) is 10.8 Å². The number of fused-ring (bicyclic) bond motifs is 2. The normalized spacial score (nSPS) is 20.9. The summed E-state index contributed by atoms with van der Waals surface area (Å²) < 4.78 is 7.93. The van der Waals surface area contributed by atoms with Crippen molar-refractivity contribution in [2.45, 2.75) is 104 Å². The highest BCUT2D eigenvalue weighted by Gasteiger charge is 2.46. The average molecular weight is 743 g/mol. The van der Waals surface area contributed by atoms with E-state index in [0.717, 1.165) is 71.8 Å². The lowest BCUT2D eigenvalue weighted by molar-refractivity contribution is -0.139. The van der Waals surface area contributed by atoms with Crippen molar-refractivity contribution < 1.29 is 14.3 Å². The highest BCUT2D eigenvalue weighted by molar-refractivity contribution is 7.80. The summed E-state index contributed by atoms with van der Waals surface area (Å²) in [7, 11) is 0. The van der Waals surface area contributed by atoms with Gasteiger partial charge in [-0.2, -0.15) is 0 Å². The van der Waals surface area contributed by atoms with Gasteiger partial charge in [-0.25, -0.2) is 4.79 Å². The predicted octanol–water partition coefficient (Wildman–Crippen LogP) is 9.85. The van der Waals surface area contributed by atoms with Crippen molar-refractivity contribution in [3.8, 4) is 11.3 Å². The summed E-state index contributed by atoms with van der Waals surface area (Å²) in [6, 6.07) is 31.2. The first kappa shape index (κ1) is 37.6. The Kier molecular flexibility index (Phi) is 10.6. The summed E-state index contributed by atoms with van der Waals surface area (Å²) in [4.78, 5) is 30.3. The highest BCUT2D eigenvalue weighted by atomic mass is 32.1. The van der Waals surface area contributed by atoms with Crippen LogP contribution in [0.5, 0.6) is 0 Å². The molecule has 1 aliphatic heterocycles. The monoisotopic (exact) mass is 742 g/mol. The SMILES string of the molecule is CCOC(=O)c1cc(C)n([C@@H]2CCCC[C@H]2NC(=S)N[C@H](C(=O)N2CCC[C@]2(C)c2ccc3ccccc3c2)C(C)(C)C)c1-c1ccc2ccccc2c1. The molecular formula is C46H54N4O3S. The third-order valence-electron chi connectivity index (χ3n) is 11.8. The smallest absolute Gasteiger partial charge is 0.340 e. The van der Waals surface area contributed by atoms with Crippen LogP contribution in [-0.4, -0.2) is 51.7 Å². The molecule has 1 saturated heterocycles. The number of thiocarbonyl (C=S) groups is 1. The van der Waals surface area contributed by atoms with Gasteiger partial charge in [0.15, 0.2) is 5.11 Å². The van der Waals surface area contributed by atoms with Crippen LogP contribution in [0.15, 0.2) is 91.0 Å². The molecule has 1 aliphatic carbocycles. The molecule has 1 saturated carbocycles. The Morgan fingerprint density at radius 1 is 0.889 bits per heavy atom. The van der Waals surface area contributed by atoms with Gasteiger partial charge in [-0.05, 0) is 115 Å². The lowest BCUT2D eigenvalue weighted by Gasteiger charge is -2.42. The second kappa shape index (κ2) is 15.2. The van der Waals surface area contributed by atoms with Gasteiger partial charge >= 0.3 is 5.97 Å². The van der Waals surface area contributed by atoms with E-state index in [9.17, 15) is 9.59 Å². The number of amides is 1. The van der Waals surface area contributed by atoms with Gasteiger partial charge in [-0.3, -0.25) is 4.79 Å². The molecule has 7 rings (SSSR count). The van der Waals surface area contributed by atoms with Crippen molar-refractivity contribution in [1.29, 1.82) is 0 Å². The molecule has 2 aliphatic rings. The zero-order valence-corrected chi connectivity index (χ0v) is 33.4. The van der Waals surface area contributed by atoms with E-state index in [2.05, 4.69) is 128 Å². The number of carbonyl (C=O) groups excluding carboxylic acids is 2. The summed E-state index contributed by atoms with van der Waals surface area (Å²) in [5.74, 6) is -0.247. The van der Waals surface area contributed by atoms with Crippen LogP contribution >= 0.6 is 12.2 Å². The number of aryl methyl sites for hydroxylation is 1. The molecule has 0 spiro atoms. The quantitative estimate of drug-likeness (QED) is 0.122. The van der Waals surface area contributed by atoms with Crippen LogP contribution in [0.1, 0.15) is 101 Å². The van der Waals surface area contributed by atoms with Gasteiger partial charge in [0.05, 0.1) is 29.4 Å². The van der Waals surface area contributed by atoms with Crippen molar-refractivity contribution in [2.75, 3.05) is 13.2 Å². The van der Waals surface area contributed by atoms with Gasteiger partial charge in [0.1, 0.15) is 6.04 Å². The fourth-order valence-electron chi connectivity index (χ4n) is 8.95. The maximum absolute atomic E-state index is 14.7. The molecule has 1 aromatic heterocycles. The first-order valence-corrected chi connectivity index (χ1v) is 20.1. The third kappa shape index (κ3) is 7.25. The first-order chi connectivity index (χ1) is 25.9. The molecule has 2 fully saturated rings. The van der Waals surface area contributed by atoms with Crippen LogP contribution in [0.4, 0.5) is 0 Å². The van der Waals surface area contributed by atoms with Gasteiger partial charge in [-0.15, -0.1) is 0 Å². The Morgan fingerprint density at radius 2 is 1.54 bits per heavy atom. The Hall–Kier alpha value is -4.69. The fourth-order valence-corrected chi connectivity index (χ4v) is 9.22. The van der Waals surface area contributed by atoms with E-state index < -0.39 is 17.0 Å². The average Bonchev–Trinajstić information content (AvgIpc) is 3.73. The third-order valence-corrected chi connectivity index (χ3v) is 12.0. The summed E-state index contributed by atoms with van der Waals surface area (Å²) >= 11 is 6.10. The molecule has 54 heavy (non-hydrogen) atoms. The van der Waals surface area contributed by atoms with E-state index in [4.69, 9.17) is 17.0 Å². The Bertz CT molecular complexity index is 2200. The zero-order valence-electron chi connectivity index (χ0n) is 32.6. The minimum Gasteiger partial charge on any atom is -0.462 e. The number of ether oxygens (including phenoxy) is 1. The maximum atomic E-state index is 14.7. The second-order valence-electron chi connectivity index (χ2n) is 16.5. The lowest BCUT2D eigenvalue weighted by atomic mass is 9.83. The topological polar surface area (TPSA) is 75.6 Å². The number of carbonyl (C=O) groups is 2. The molecule has 2 heterocycles. The number of benzene rings is 4. The summed E-state index contributed by atoms with van der Waals surface area (Å²) in [6.07, 6.45) is 5.82. The molecule has 0 bridgehead atoms. The molecule has 1 amide bonds. The minimum absolute atomic E-state index is 0.00975. The van der Waals surface area contributed by atoms with E-state index >= 15 is 0 Å². The van der Waals surface area contributed by atoms with E-state index in [-0.39, 0.29) is 24.0 Å². The van der Waals surface area contributed by atoms with Crippen molar-refractivity contribution in [2.24, 2.45) is 5.41 Å². The summed E-state index contributed by atoms with van der Waals surface area (Å²) in [5.41, 5.74) is 3.77. The number of likely N-dealkylation sites (tertiary alicyclic amines) is 1. The van der Waals surface area contributed by atoms with Crippen LogP contribution in [0.25, 0.3) is 32.8 Å². The number of esters is 1. The maximum Gasteiger partial charge on any atom is 0.340 e. The van der Waals surface area contributed by atoms with Gasteiger partial charge < -0.3 is 24.8 Å². The van der Waals surface area contributed by atoms with Crippen LogP contribution in [-0.2, 0) is 15.1 Å². The molecule has 4 atom stereocenters.